The number of nitrogens with one attached hydrogen (secondary N) is 2. The molecule has 2 N–H and O–H groups in total. The standard InChI is InChI=1S/C11H26N2/c1-5-11(6-2)9-13-8-10(3)7-12-4/h10-13H,5-9H2,1-4H3. The average molecular weight is 186 g/mol. The van der Waals surface area contributed by atoms with Crippen LogP contribution < -0.4 is 10.6 Å². The summed E-state index contributed by atoms with van der Waals surface area (Å²) in [5, 5.41) is 6.73. The Morgan fingerprint density at radius 2 is 1.62 bits per heavy atom. The van der Waals surface area contributed by atoms with Crippen LogP contribution in [-0.4, -0.2) is 26.7 Å². The highest BCUT2D eigenvalue weighted by molar-refractivity contribution is 4.62. The van der Waals surface area contributed by atoms with E-state index in [2.05, 4.69) is 31.4 Å². The van der Waals surface area contributed by atoms with Gasteiger partial charge in [-0.25, -0.2) is 0 Å². The van der Waals surface area contributed by atoms with E-state index in [9.17, 15) is 0 Å². The molecule has 0 aliphatic rings. The van der Waals surface area contributed by atoms with Crippen molar-refractivity contribution in [3.05, 3.63) is 0 Å². The predicted molar refractivity (Wildman–Crippen MR) is 60.0 cm³/mol. The van der Waals surface area contributed by atoms with Gasteiger partial charge in [0, 0.05) is 0 Å². The Kier molecular flexibility index (Phi) is 8.46. The molecule has 80 valence electrons. The van der Waals surface area contributed by atoms with E-state index in [-0.39, 0.29) is 0 Å². The fourth-order valence-corrected chi connectivity index (χ4v) is 1.53. The molecule has 0 aromatic rings. The van der Waals surface area contributed by atoms with Crippen molar-refractivity contribution in [3.63, 3.8) is 0 Å². The summed E-state index contributed by atoms with van der Waals surface area (Å²) in [4.78, 5) is 0. The molecule has 1 atom stereocenters. The van der Waals surface area contributed by atoms with Gasteiger partial charge < -0.3 is 10.6 Å². The van der Waals surface area contributed by atoms with Gasteiger partial charge in [0.1, 0.15) is 0 Å². The third-order valence-electron chi connectivity index (χ3n) is 2.63. The van der Waals surface area contributed by atoms with Crippen molar-refractivity contribution in [1.29, 1.82) is 0 Å². The molecule has 0 saturated carbocycles. The van der Waals surface area contributed by atoms with Gasteiger partial charge in [0.2, 0.25) is 0 Å². The van der Waals surface area contributed by atoms with Gasteiger partial charge in [0.15, 0.2) is 0 Å². The van der Waals surface area contributed by atoms with Gasteiger partial charge in [0.05, 0.1) is 0 Å². The lowest BCUT2D eigenvalue weighted by atomic mass is 10.0. The van der Waals surface area contributed by atoms with Crippen molar-refractivity contribution < 1.29 is 0 Å². The highest BCUT2D eigenvalue weighted by atomic mass is 14.9. The monoisotopic (exact) mass is 186 g/mol. The van der Waals surface area contributed by atoms with E-state index in [1.165, 1.54) is 19.4 Å². The minimum Gasteiger partial charge on any atom is -0.319 e. The zero-order valence-corrected chi connectivity index (χ0v) is 9.69. The number of hydrogen-bond donors (Lipinski definition) is 2. The van der Waals surface area contributed by atoms with Crippen LogP contribution in [0.25, 0.3) is 0 Å². The van der Waals surface area contributed by atoms with Crippen LogP contribution in [0, 0.1) is 11.8 Å². The Morgan fingerprint density at radius 3 is 2.08 bits per heavy atom. The number of hydrogen-bond acceptors (Lipinski definition) is 2. The molecule has 0 radical (unpaired) electrons. The molecule has 2 heteroatoms. The zero-order valence-electron chi connectivity index (χ0n) is 9.69. The largest absolute Gasteiger partial charge is 0.319 e. The van der Waals surface area contributed by atoms with Gasteiger partial charge in [-0.3, -0.25) is 0 Å². The summed E-state index contributed by atoms with van der Waals surface area (Å²) in [5.74, 6) is 1.60. The fourth-order valence-electron chi connectivity index (χ4n) is 1.53. The van der Waals surface area contributed by atoms with Gasteiger partial charge in [-0.1, -0.05) is 33.6 Å². The molecule has 0 saturated heterocycles. The third-order valence-corrected chi connectivity index (χ3v) is 2.63. The second-order valence-electron chi connectivity index (χ2n) is 4.00. The maximum Gasteiger partial charge on any atom is -0.00109 e. The first-order valence-corrected chi connectivity index (χ1v) is 5.59. The van der Waals surface area contributed by atoms with E-state index in [1.54, 1.807) is 0 Å². The minimum atomic E-state index is 0.736. The first kappa shape index (κ1) is 12.9. The highest BCUT2D eigenvalue weighted by Gasteiger charge is 2.04. The Balaban J connectivity index is 3.32. The van der Waals surface area contributed by atoms with Crippen LogP contribution in [0.15, 0.2) is 0 Å². The lowest BCUT2D eigenvalue weighted by Crippen LogP contribution is -2.31. The summed E-state index contributed by atoms with van der Waals surface area (Å²) >= 11 is 0. The highest BCUT2D eigenvalue weighted by Crippen LogP contribution is 2.05. The topological polar surface area (TPSA) is 24.1 Å². The van der Waals surface area contributed by atoms with Gasteiger partial charge >= 0.3 is 0 Å². The molecule has 13 heavy (non-hydrogen) atoms. The maximum atomic E-state index is 3.53. The predicted octanol–water partition coefficient (Wildman–Crippen LogP) is 1.87. The molecule has 0 aromatic carbocycles. The van der Waals surface area contributed by atoms with Crippen LogP contribution in [0.5, 0.6) is 0 Å². The van der Waals surface area contributed by atoms with E-state index in [0.717, 1.165) is 24.9 Å². The molecule has 0 aliphatic carbocycles. The van der Waals surface area contributed by atoms with E-state index in [4.69, 9.17) is 0 Å². The van der Waals surface area contributed by atoms with Gasteiger partial charge in [-0.05, 0) is 38.5 Å². The van der Waals surface area contributed by atoms with E-state index in [0.29, 0.717) is 0 Å². The van der Waals surface area contributed by atoms with Gasteiger partial charge in [-0.15, -0.1) is 0 Å². The molecule has 1 unspecified atom stereocenters. The van der Waals surface area contributed by atoms with Crippen molar-refractivity contribution in [2.24, 2.45) is 11.8 Å². The second kappa shape index (κ2) is 8.52. The molecule has 0 aromatic heterocycles. The van der Waals surface area contributed by atoms with Crippen molar-refractivity contribution in [2.45, 2.75) is 33.6 Å². The molecular weight excluding hydrogens is 160 g/mol. The summed E-state index contributed by atoms with van der Waals surface area (Å²) < 4.78 is 0. The van der Waals surface area contributed by atoms with Crippen molar-refractivity contribution >= 4 is 0 Å². The van der Waals surface area contributed by atoms with Crippen molar-refractivity contribution in [1.82, 2.24) is 10.6 Å². The molecule has 0 amide bonds. The van der Waals surface area contributed by atoms with E-state index in [1.807, 2.05) is 7.05 Å². The molecule has 0 aliphatic heterocycles. The molecule has 0 spiro atoms. The Morgan fingerprint density at radius 1 is 1.00 bits per heavy atom. The molecule has 2 nitrogen and oxygen atoms in total. The van der Waals surface area contributed by atoms with Crippen LogP contribution in [0.2, 0.25) is 0 Å². The van der Waals surface area contributed by atoms with Crippen LogP contribution in [0.4, 0.5) is 0 Å². The second-order valence-corrected chi connectivity index (χ2v) is 4.00. The van der Waals surface area contributed by atoms with Crippen LogP contribution in [-0.2, 0) is 0 Å². The minimum absolute atomic E-state index is 0.736. The average Bonchev–Trinajstić information content (AvgIpc) is 2.13. The fraction of sp³-hybridized carbons (Fsp3) is 1.00. The summed E-state index contributed by atoms with van der Waals surface area (Å²) in [5.41, 5.74) is 0. The van der Waals surface area contributed by atoms with Crippen LogP contribution in [0.3, 0.4) is 0 Å². The molecule has 0 rings (SSSR count). The third kappa shape index (κ3) is 7.03. The quantitative estimate of drug-likeness (QED) is 0.605. The first-order chi connectivity index (χ1) is 6.24. The van der Waals surface area contributed by atoms with Crippen LogP contribution in [0.1, 0.15) is 33.6 Å². The smallest absolute Gasteiger partial charge is 0.00109 e. The lowest BCUT2D eigenvalue weighted by Gasteiger charge is -2.16. The lowest BCUT2D eigenvalue weighted by molar-refractivity contribution is 0.415. The van der Waals surface area contributed by atoms with Gasteiger partial charge in [-0.2, -0.15) is 0 Å². The first-order valence-electron chi connectivity index (χ1n) is 5.59. The molecule has 0 fully saturated rings. The Labute approximate surface area is 83.5 Å². The summed E-state index contributed by atoms with van der Waals surface area (Å²) in [7, 11) is 2.01. The van der Waals surface area contributed by atoms with Gasteiger partial charge in [0.25, 0.3) is 0 Å². The summed E-state index contributed by atoms with van der Waals surface area (Å²) in [6.07, 6.45) is 2.59. The zero-order chi connectivity index (χ0) is 10.1. The van der Waals surface area contributed by atoms with Crippen molar-refractivity contribution in [2.75, 3.05) is 26.7 Å². The summed E-state index contributed by atoms with van der Waals surface area (Å²) in [6, 6.07) is 0. The Hall–Kier alpha value is -0.0800. The normalized spacial score (nSPS) is 13.6. The van der Waals surface area contributed by atoms with Crippen molar-refractivity contribution in [3.8, 4) is 0 Å². The maximum absolute atomic E-state index is 3.53. The molecule has 0 bridgehead atoms. The number of rotatable bonds is 8. The molecular formula is C11H26N2. The van der Waals surface area contributed by atoms with E-state index < -0.39 is 0 Å². The SMILES string of the molecule is CCC(CC)CNCC(C)CNC. The summed E-state index contributed by atoms with van der Waals surface area (Å²) in [6.45, 7) is 10.2. The Bertz CT molecular complexity index is 100. The van der Waals surface area contributed by atoms with E-state index >= 15 is 0 Å². The molecule has 0 heterocycles. The van der Waals surface area contributed by atoms with Crippen LogP contribution >= 0.6 is 0 Å².